The van der Waals surface area contributed by atoms with Crippen molar-refractivity contribution in [1.82, 2.24) is 9.03 Å². The lowest BCUT2D eigenvalue weighted by molar-refractivity contribution is -0.140. The molecule has 0 aliphatic carbocycles. The highest BCUT2D eigenvalue weighted by atomic mass is 32.2. The fourth-order valence-corrected chi connectivity index (χ4v) is 2.22. The van der Waals surface area contributed by atoms with Crippen molar-refractivity contribution in [1.29, 1.82) is 0 Å². The maximum Gasteiger partial charge on any atom is 0.306 e. The summed E-state index contributed by atoms with van der Waals surface area (Å²) < 4.78 is 36.4. The van der Waals surface area contributed by atoms with Crippen LogP contribution in [0.15, 0.2) is 0 Å². The van der Waals surface area contributed by atoms with Gasteiger partial charge in [-0.1, -0.05) is 6.92 Å². The third kappa shape index (κ3) is 6.90. The largest absolute Gasteiger partial charge is 0.469 e. The maximum atomic E-state index is 11.8. The minimum absolute atomic E-state index is 0.0293. The zero-order chi connectivity index (χ0) is 14.2. The number of rotatable bonds is 9. The summed E-state index contributed by atoms with van der Waals surface area (Å²) in [6, 6.07) is 0. The summed E-state index contributed by atoms with van der Waals surface area (Å²) in [4.78, 5) is 10.9. The van der Waals surface area contributed by atoms with Gasteiger partial charge in [0.05, 0.1) is 13.5 Å². The van der Waals surface area contributed by atoms with Gasteiger partial charge in [-0.3, -0.25) is 4.79 Å². The Morgan fingerprint density at radius 3 is 2.50 bits per heavy atom. The number of carbonyl (C=O) groups excluding carboxylic acids is 1. The summed E-state index contributed by atoms with van der Waals surface area (Å²) in [5.74, 6) is -0.358. The molecule has 0 aromatic heterocycles. The average molecular weight is 282 g/mol. The number of carbonyl (C=O) groups is 1. The smallest absolute Gasteiger partial charge is 0.306 e. The van der Waals surface area contributed by atoms with Gasteiger partial charge in [0.2, 0.25) is 0 Å². The summed E-state index contributed by atoms with van der Waals surface area (Å²) >= 11 is 0. The molecule has 1 N–H and O–H groups in total. The van der Waals surface area contributed by atoms with Crippen molar-refractivity contribution in [3.63, 3.8) is 0 Å². The molecule has 1 unspecified atom stereocenters. The van der Waals surface area contributed by atoms with E-state index in [2.05, 4.69) is 9.46 Å². The number of esters is 1. The number of nitrogens with one attached hydrogen (secondary N) is 1. The minimum atomic E-state index is -3.56. The average Bonchev–Trinajstić information content (AvgIpc) is 2.33. The van der Waals surface area contributed by atoms with Crippen molar-refractivity contribution in [3.8, 4) is 0 Å². The Labute approximate surface area is 109 Å². The summed E-state index contributed by atoms with van der Waals surface area (Å²) in [5.41, 5.74) is 0. The highest BCUT2D eigenvalue weighted by Gasteiger charge is 2.19. The predicted molar refractivity (Wildman–Crippen MR) is 67.2 cm³/mol. The number of nitrogens with zero attached hydrogens (tertiary/aromatic N) is 1. The van der Waals surface area contributed by atoms with E-state index in [0.29, 0.717) is 13.2 Å². The lowest BCUT2D eigenvalue weighted by Gasteiger charge is -2.18. The van der Waals surface area contributed by atoms with E-state index in [-0.39, 0.29) is 18.9 Å². The molecule has 1 atom stereocenters. The Bertz CT molecular complexity index is 344. The Morgan fingerprint density at radius 2 is 2.00 bits per heavy atom. The predicted octanol–water partition coefficient (Wildman–Crippen LogP) is -0.402. The molecule has 0 spiro atoms. The summed E-state index contributed by atoms with van der Waals surface area (Å²) in [6.07, 6.45) is 0.0293. The molecule has 0 aliphatic heterocycles. The molecule has 0 aromatic carbocycles. The topological polar surface area (TPSA) is 84.9 Å². The zero-order valence-electron chi connectivity index (χ0n) is 11.3. The van der Waals surface area contributed by atoms with E-state index < -0.39 is 16.2 Å². The summed E-state index contributed by atoms with van der Waals surface area (Å²) in [6.45, 7) is 2.73. The SMILES string of the molecule is COCC(C)CNS(=O)(=O)N(C)CCC(=O)OC. The van der Waals surface area contributed by atoms with Crippen LogP contribution in [0.2, 0.25) is 0 Å². The van der Waals surface area contributed by atoms with Crippen molar-refractivity contribution in [2.24, 2.45) is 5.92 Å². The van der Waals surface area contributed by atoms with Gasteiger partial charge in [0.15, 0.2) is 0 Å². The second-order valence-electron chi connectivity index (χ2n) is 4.06. The van der Waals surface area contributed by atoms with E-state index >= 15 is 0 Å². The van der Waals surface area contributed by atoms with Crippen LogP contribution in [0, 0.1) is 5.92 Å². The lowest BCUT2D eigenvalue weighted by Crippen LogP contribution is -2.41. The molecule has 0 aromatic rings. The number of hydrogen-bond donors (Lipinski definition) is 1. The van der Waals surface area contributed by atoms with Crippen LogP contribution in [0.4, 0.5) is 0 Å². The van der Waals surface area contributed by atoms with E-state index in [1.165, 1.54) is 14.2 Å². The first-order valence-corrected chi connectivity index (χ1v) is 7.04. The molecule has 0 saturated heterocycles. The van der Waals surface area contributed by atoms with Crippen molar-refractivity contribution in [2.45, 2.75) is 13.3 Å². The molecule has 0 radical (unpaired) electrons. The molecule has 7 nitrogen and oxygen atoms in total. The van der Waals surface area contributed by atoms with Gasteiger partial charge in [-0.2, -0.15) is 12.7 Å². The van der Waals surface area contributed by atoms with Crippen molar-refractivity contribution in [3.05, 3.63) is 0 Å². The van der Waals surface area contributed by atoms with Gasteiger partial charge in [0.1, 0.15) is 0 Å². The van der Waals surface area contributed by atoms with Gasteiger partial charge in [-0.15, -0.1) is 0 Å². The number of methoxy groups -OCH3 is 2. The molecule has 0 heterocycles. The quantitative estimate of drug-likeness (QED) is 0.582. The molecule has 0 rings (SSSR count). The highest BCUT2D eigenvalue weighted by molar-refractivity contribution is 7.87. The third-order valence-electron chi connectivity index (χ3n) is 2.33. The van der Waals surface area contributed by atoms with Crippen LogP contribution in [0.3, 0.4) is 0 Å². The standard InChI is InChI=1S/C10H22N2O5S/c1-9(8-16-3)7-11-18(14,15)12(2)6-5-10(13)17-4/h9,11H,5-8H2,1-4H3. The van der Waals surface area contributed by atoms with Crippen LogP contribution in [0.25, 0.3) is 0 Å². The van der Waals surface area contributed by atoms with Crippen LogP contribution in [0.5, 0.6) is 0 Å². The number of ether oxygens (including phenoxy) is 2. The second kappa shape index (κ2) is 8.41. The first kappa shape index (κ1) is 17.3. The van der Waals surface area contributed by atoms with Crippen molar-refractivity contribution >= 4 is 16.2 Å². The van der Waals surface area contributed by atoms with E-state index in [1.807, 2.05) is 6.92 Å². The van der Waals surface area contributed by atoms with Crippen LogP contribution in [-0.2, 0) is 24.5 Å². The minimum Gasteiger partial charge on any atom is -0.469 e. The van der Waals surface area contributed by atoms with Gasteiger partial charge < -0.3 is 9.47 Å². The van der Waals surface area contributed by atoms with Crippen molar-refractivity contribution in [2.75, 3.05) is 41.0 Å². The lowest BCUT2D eigenvalue weighted by atomic mass is 10.2. The van der Waals surface area contributed by atoms with Gasteiger partial charge >= 0.3 is 5.97 Å². The van der Waals surface area contributed by atoms with Gasteiger partial charge in [-0.05, 0) is 5.92 Å². The first-order chi connectivity index (χ1) is 8.33. The molecule has 0 saturated carbocycles. The molecule has 0 amide bonds. The fourth-order valence-electron chi connectivity index (χ4n) is 1.17. The van der Waals surface area contributed by atoms with Gasteiger partial charge in [0.25, 0.3) is 10.2 Å². The first-order valence-electron chi connectivity index (χ1n) is 5.60. The zero-order valence-corrected chi connectivity index (χ0v) is 12.1. The van der Waals surface area contributed by atoms with E-state index in [0.717, 1.165) is 4.31 Å². The summed E-state index contributed by atoms with van der Waals surface area (Å²) in [7, 11) is 0.680. The van der Waals surface area contributed by atoms with Crippen LogP contribution in [0.1, 0.15) is 13.3 Å². The Morgan fingerprint density at radius 1 is 1.39 bits per heavy atom. The molecule has 8 heteroatoms. The molecule has 18 heavy (non-hydrogen) atoms. The number of hydrogen-bond acceptors (Lipinski definition) is 5. The summed E-state index contributed by atoms with van der Waals surface area (Å²) in [5, 5.41) is 0. The van der Waals surface area contributed by atoms with E-state index in [9.17, 15) is 13.2 Å². The molecule has 108 valence electrons. The molecule has 0 fully saturated rings. The van der Waals surface area contributed by atoms with E-state index in [1.54, 1.807) is 7.11 Å². The Kier molecular flexibility index (Phi) is 8.08. The fraction of sp³-hybridized carbons (Fsp3) is 0.900. The van der Waals surface area contributed by atoms with Crippen LogP contribution in [-0.4, -0.2) is 59.7 Å². The Balaban J connectivity index is 4.15. The monoisotopic (exact) mass is 282 g/mol. The molecule has 0 bridgehead atoms. The van der Waals surface area contributed by atoms with Gasteiger partial charge in [0, 0.05) is 33.9 Å². The molecular formula is C10H22N2O5S. The van der Waals surface area contributed by atoms with Gasteiger partial charge in [-0.25, -0.2) is 4.72 Å². The molecule has 0 aliphatic rings. The third-order valence-corrected chi connectivity index (χ3v) is 3.87. The maximum absolute atomic E-state index is 11.8. The molecular weight excluding hydrogens is 260 g/mol. The van der Waals surface area contributed by atoms with Crippen LogP contribution >= 0.6 is 0 Å². The Hall–Kier alpha value is -0.700. The highest BCUT2D eigenvalue weighted by Crippen LogP contribution is 1.99. The van der Waals surface area contributed by atoms with Crippen molar-refractivity contribution < 1.29 is 22.7 Å². The normalized spacial score (nSPS) is 13.6. The van der Waals surface area contributed by atoms with E-state index in [4.69, 9.17) is 4.74 Å². The second-order valence-corrected chi connectivity index (χ2v) is 5.92. The van der Waals surface area contributed by atoms with Crippen LogP contribution < -0.4 is 4.72 Å².